The Morgan fingerprint density at radius 3 is 2.65 bits per heavy atom. The van der Waals surface area contributed by atoms with E-state index in [-0.39, 0.29) is 11.9 Å². The Bertz CT molecular complexity index is 1170. The van der Waals surface area contributed by atoms with Crippen LogP contribution in [0.15, 0.2) is 53.9 Å². The van der Waals surface area contributed by atoms with Crippen molar-refractivity contribution in [3.63, 3.8) is 0 Å². The van der Waals surface area contributed by atoms with Crippen LogP contribution in [0.4, 0.5) is 0 Å². The van der Waals surface area contributed by atoms with Crippen molar-refractivity contribution in [2.75, 3.05) is 13.1 Å². The molecule has 0 bridgehead atoms. The molecular formula is C24H27N4OS2+. The largest absolute Gasteiger partial charge is 0.342 e. The molecule has 5 rings (SSSR count). The highest BCUT2D eigenvalue weighted by Gasteiger charge is 2.34. The molecule has 4 heterocycles. The number of hydrogen-bond donors (Lipinski definition) is 2. The Labute approximate surface area is 190 Å². The van der Waals surface area contributed by atoms with E-state index in [1.165, 1.54) is 42.1 Å². The average Bonchev–Trinajstić information content (AvgIpc) is 3.56. The van der Waals surface area contributed by atoms with Crippen molar-refractivity contribution in [1.29, 1.82) is 0 Å². The Balaban J connectivity index is 1.41. The maximum Gasteiger partial charge on any atom is 0.261 e. The van der Waals surface area contributed by atoms with Gasteiger partial charge in [0.25, 0.3) is 5.91 Å². The molecule has 1 aromatic carbocycles. The lowest BCUT2D eigenvalue weighted by molar-refractivity contribution is -0.920. The molecule has 1 fully saturated rings. The number of aryl methyl sites for hydroxylation is 1. The molecule has 1 aliphatic heterocycles. The van der Waals surface area contributed by atoms with Crippen LogP contribution in [0.1, 0.15) is 46.0 Å². The number of rotatable bonds is 6. The van der Waals surface area contributed by atoms with Gasteiger partial charge < -0.3 is 10.2 Å². The molecule has 0 radical (unpaired) electrons. The number of likely N-dealkylation sites (tertiary alicyclic amines) is 1. The van der Waals surface area contributed by atoms with Crippen LogP contribution in [0, 0.1) is 6.92 Å². The van der Waals surface area contributed by atoms with Gasteiger partial charge >= 0.3 is 0 Å². The smallest absolute Gasteiger partial charge is 0.261 e. The number of carbonyl (C=O) groups is 1. The van der Waals surface area contributed by atoms with Crippen LogP contribution in [0.25, 0.3) is 15.9 Å². The van der Waals surface area contributed by atoms with Gasteiger partial charge in [0.15, 0.2) is 0 Å². The minimum absolute atomic E-state index is 0.00728. The fraction of sp³-hybridized carbons (Fsp3) is 0.333. The van der Waals surface area contributed by atoms with Crippen LogP contribution in [0.2, 0.25) is 0 Å². The Kier molecular flexibility index (Phi) is 5.65. The van der Waals surface area contributed by atoms with E-state index in [2.05, 4.69) is 34.9 Å². The van der Waals surface area contributed by atoms with Crippen molar-refractivity contribution in [2.24, 2.45) is 0 Å². The molecule has 1 aliphatic rings. The molecule has 3 aromatic heterocycles. The van der Waals surface area contributed by atoms with Crippen LogP contribution in [-0.4, -0.2) is 34.8 Å². The van der Waals surface area contributed by atoms with Gasteiger partial charge in [0, 0.05) is 18.2 Å². The summed E-state index contributed by atoms with van der Waals surface area (Å²) < 4.78 is 1.94. The summed E-state index contributed by atoms with van der Waals surface area (Å²) in [6.45, 7) is 6.51. The first-order valence-corrected chi connectivity index (χ1v) is 12.5. The molecule has 0 aliphatic carbocycles. The zero-order chi connectivity index (χ0) is 21.4. The van der Waals surface area contributed by atoms with E-state index in [1.807, 2.05) is 48.0 Å². The summed E-state index contributed by atoms with van der Waals surface area (Å²) in [5, 5.41) is 11.2. The normalized spacial score (nSPS) is 16.6. The second-order valence-electron chi connectivity index (χ2n) is 8.28. The maximum atomic E-state index is 13.2. The molecule has 2 N–H and O–H groups in total. The number of quaternary nitrogens is 1. The summed E-state index contributed by atoms with van der Waals surface area (Å²) in [5.74, 6) is 0.00728. The first-order chi connectivity index (χ1) is 15.1. The van der Waals surface area contributed by atoms with Crippen molar-refractivity contribution in [3.8, 4) is 5.69 Å². The Morgan fingerprint density at radius 1 is 1.16 bits per heavy atom. The zero-order valence-corrected chi connectivity index (χ0v) is 19.4. The van der Waals surface area contributed by atoms with Crippen LogP contribution in [0.5, 0.6) is 0 Å². The molecule has 31 heavy (non-hydrogen) atoms. The fourth-order valence-electron chi connectivity index (χ4n) is 4.67. The Hall–Kier alpha value is -2.48. The molecule has 2 atom stereocenters. The van der Waals surface area contributed by atoms with Gasteiger partial charge in [-0.2, -0.15) is 5.10 Å². The van der Waals surface area contributed by atoms with E-state index in [9.17, 15) is 4.79 Å². The number of nitrogens with one attached hydrogen (secondary N) is 2. The van der Waals surface area contributed by atoms with E-state index in [4.69, 9.17) is 0 Å². The zero-order valence-electron chi connectivity index (χ0n) is 17.8. The molecule has 0 saturated carbocycles. The second-order valence-corrected chi connectivity index (χ2v) is 10.3. The van der Waals surface area contributed by atoms with E-state index in [0.717, 1.165) is 26.5 Å². The quantitative estimate of drug-likeness (QED) is 0.466. The first kappa shape index (κ1) is 20.4. The number of para-hydroxylation sites is 1. The third-order valence-corrected chi connectivity index (χ3v) is 8.23. The fourth-order valence-corrected chi connectivity index (χ4v) is 6.75. The molecule has 1 amide bonds. The molecule has 4 aromatic rings. The average molecular weight is 452 g/mol. The van der Waals surface area contributed by atoms with E-state index < -0.39 is 0 Å². The van der Waals surface area contributed by atoms with Crippen LogP contribution < -0.4 is 10.2 Å². The van der Waals surface area contributed by atoms with E-state index >= 15 is 0 Å². The minimum Gasteiger partial charge on any atom is -0.342 e. The van der Waals surface area contributed by atoms with Crippen molar-refractivity contribution < 1.29 is 9.69 Å². The number of carbonyl (C=O) groups excluding carboxylic acids is 1. The van der Waals surface area contributed by atoms with E-state index in [0.29, 0.717) is 6.04 Å². The van der Waals surface area contributed by atoms with Gasteiger partial charge in [0.1, 0.15) is 10.9 Å². The number of fused-ring (bicyclic) bond motifs is 1. The predicted molar refractivity (Wildman–Crippen MR) is 128 cm³/mol. The summed E-state index contributed by atoms with van der Waals surface area (Å²) >= 11 is 3.31. The standard InChI is InChI=1S/C24H26N4OS2/c1-16-19-15-21(31-24(19)28(26-16)18-9-4-3-5-10-18)23(29)25-17(2)22(20-11-8-14-30-20)27-12-6-7-13-27/h3-5,8-11,14-15,17,22H,6-7,12-13H2,1-2H3,(H,25,29)/p+1/t17-,22-/m0/s1. The van der Waals surface area contributed by atoms with Gasteiger partial charge in [-0.15, -0.1) is 22.7 Å². The molecule has 160 valence electrons. The highest BCUT2D eigenvalue weighted by Crippen LogP contribution is 2.30. The minimum atomic E-state index is 0.00728. The van der Waals surface area contributed by atoms with Gasteiger partial charge in [-0.05, 0) is 43.5 Å². The summed E-state index contributed by atoms with van der Waals surface area (Å²) in [5.41, 5.74) is 1.96. The van der Waals surface area contributed by atoms with Gasteiger partial charge in [-0.3, -0.25) is 4.79 Å². The lowest BCUT2D eigenvalue weighted by atomic mass is 10.1. The van der Waals surface area contributed by atoms with Crippen molar-refractivity contribution in [3.05, 3.63) is 69.4 Å². The highest BCUT2D eigenvalue weighted by molar-refractivity contribution is 7.20. The maximum absolute atomic E-state index is 13.2. The number of nitrogens with zero attached hydrogens (tertiary/aromatic N) is 2. The number of hydrogen-bond acceptors (Lipinski definition) is 4. The summed E-state index contributed by atoms with van der Waals surface area (Å²) in [4.78, 5) is 17.9. The first-order valence-electron chi connectivity index (χ1n) is 10.9. The SMILES string of the molecule is Cc1nn(-c2ccccc2)c2sc(C(=O)N[C@@H](C)[C@@H](c3cccs3)[NH+]3CCCC3)cc12. The number of thiophene rings is 2. The molecular weight excluding hydrogens is 424 g/mol. The summed E-state index contributed by atoms with van der Waals surface area (Å²) in [7, 11) is 0. The summed E-state index contributed by atoms with van der Waals surface area (Å²) in [6, 6.07) is 16.8. The number of benzene rings is 1. The highest BCUT2D eigenvalue weighted by atomic mass is 32.1. The van der Waals surface area contributed by atoms with E-state index in [1.54, 1.807) is 16.2 Å². The lowest BCUT2D eigenvalue weighted by Crippen LogP contribution is -3.11. The lowest BCUT2D eigenvalue weighted by Gasteiger charge is -2.29. The molecule has 5 nitrogen and oxygen atoms in total. The van der Waals surface area contributed by atoms with Crippen LogP contribution in [-0.2, 0) is 0 Å². The second kappa shape index (κ2) is 8.57. The van der Waals surface area contributed by atoms with Gasteiger partial charge in [-0.25, -0.2) is 4.68 Å². The number of aromatic nitrogens is 2. The summed E-state index contributed by atoms with van der Waals surface area (Å²) in [6.07, 6.45) is 2.53. The number of amides is 1. The van der Waals surface area contributed by atoms with Crippen molar-refractivity contribution >= 4 is 38.8 Å². The van der Waals surface area contributed by atoms with Gasteiger partial charge in [0.05, 0.1) is 40.3 Å². The molecule has 1 saturated heterocycles. The molecule has 7 heteroatoms. The third kappa shape index (κ3) is 3.93. The van der Waals surface area contributed by atoms with Crippen molar-refractivity contribution in [2.45, 2.75) is 38.8 Å². The van der Waals surface area contributed by atoms with Crippen LogP contribution >= 0.6 is 22.7 Å². The van der Waals surface area contributed by atoms with Gasteiger partial charge in [-0.1, -0.05) is 24.3 Å². The Morgan fingerprint density at radius 2 is 1.94 bits per heavy atom. The third-order valence-electron chi connectivity index (χ3n) is 6.16. The van der Waals surface area contributed by atoms with Crippen molar-refractivity contribution in [1.82, 2.24) is 15.1 Å². The topological polar surface area (TPSA) is 51.4 Å². The predicted octanol–water partition coefficient (Wildman–Crippen LogP) is 4.00. The van der Waals surface area contributed by atoms with Crippen LogP contribution in [0.3, 0.4) is 0 Å². The molecule has 0 unspecified atom stereocenters. The molecule has 0 spiro atoms. The van der Waals surface area contributed by atoms with Gasteiger partial charge in [0.2, 0.25) is 0 Å². The monoisotopic (exact) mass is 451 g/mol.